The first-order chi connectivity index (χ1) is 11.8. The largest absolute Gasteiger partial charge is 0.389 e. The van der Waals surface area contributed by atoms with Gasteiger partial charge in [-0.2, -0.15) is 0 Å². The molecule has 0 radical (unpaired) electrons. The Morgan fingerprint density at radius 2 is 1.44 bits per heavy atom. The van der Waals surface area contributed by atoms with Crippen molar-refractivity contribution >= 4 is 0 Å². The van der Waals surface area contributed by atoms with Crippen LogP contribution in [-0.2, 0) is 6.42 Å². The summed E-state index contributed by atoms with van der Waals surface area (Å²) >= 11 is 0. The van der Waals surface area contributed by atoms with E-state index in [0.717, 1.165) is 18.4 Å². The molecule has 0 amide bonds. The average molecular weight is 339 g/mol. The zero-order valence-electron chi connectivity index (χ0n) is 17.0. The van der Waals surface area contributed by atoms with Crippen LogP contribution in [0.2, 0.25) is 0 Å². The lowest BCUT2D eigenvalue weighted by molar-refractivity contribution is 0.198. The highest BCUT2D eigenvalue weighted by Crippen LogP contribution is 2.41. The molecule has 2 aromatic carbocycles. The van der Waals surface area contributed by atoms with Crippen molar-refractivity contribution in [3.8, 4) is 11.1 Å². The Hall–Kier alpha value is -1.60. The van der Waals surface area contributed by atoms with Crippen LogP contribution in [0.15, 0.2) is 30.3 Å². The van der Waals surface area contributed by atoms with E-state index in [0.29, 0.717) is 11.8 Å². The lowest BCUT2D eigenvalue weighted by Crippen LogP contribution is -2.10. The molecule has 0 heterocycles. The molecule has 0 saturated carbocycles. The summed E-state index contributed by atoms with van der Waals surface area (Å²) in [6.45, 7) is 15.3. The minimum atomic E-state index is -0.467. The summed E-state index contributed by atoms with van der Waals surface area (Å²) in [7, 11) is 0. The van der Waals surface area contributed by atoms with Crippen molar-refractivity contribution in [2.75, 3.05) is 0 Å². The normalized spacial score (nSPS) is 12.9. The molecule has 0 spiro atoms. The molecule has 1 atom stereocenters. The van der Waals surface area contributed by atoms with Crippen molar-refractivity contribution in [2.45, 2.75) is 79.2 Å². The summed E-state index contributed by atoms with van der Waals surface area (Å²) in [5.74, 6) is 0.869. The Labute approximate surface area is 154 Å². The summed E-state index contributed by atoms with van der Waals surface area (Å²) in [5.41, 5.74) is 9.03. The minimum absolute atomic E-state index is 0.391. The van der Waals surface area contributed by atoms with E-state index in [1.165, 1.54) is 33.4 Å². The predicted octanol–water partition coefficient (Wildman–Crippen LogP) is 6.91. The highest BCUT2D eigenvalue weighted by molar-refractivity contribution is 5.75. The van der Waals surface area contributed by atoms with Gasteiger partial charge in [-0.1, -0.05) is 76.9 Å². The number of aryl methyl sites for hydroxylation is 1. The molecule has 0 fully saturated rings. The summed E-state index contributed by atoms with van der Waals surface area (Å²) in [5, 5.41) is 10.7. The van der Waals surface area contributed by atoms with Crippen LogP contribution in [0.1, 0.15) is 93.7 Å². The van der Waals surface area contributed by atoms with E-state index in [9.17, 15) is 5.11 Å². The SMILES string of the molecule is CCCc1c(C(C)C)cc(C(C)C)c(C(C)O)c1-c1ccc(C)cc1. The van der Waals surface area contributed by atoms with Gasteiger partial charge in [-0.25, -0.2) is 0 Å². The third-order valence-corrected chi connectivity index (χ3v) is 5.04. The van der Waals surface area contributed by atoms with Gasteiger partial charge >= 0.3 is 0 Å². The molecule has 0 saturated heterocycles. The van der Waals surface area contributed by atoms with E-state index >= 15 is 0 Å². The molecular weight excluding hydrogens is 304 g/mol. The van der Waals surface area contributed by atoms with E-state index in [-0.39, 0.29) is 0 Å². The van der Waals surface area contributed by atoms with E-state index in [1.807, 2.05) is 6.92 Å². The first-order valence-electron chi connectivity index (χ1n) is 9.72. The highest BCUT2D eigenvalue weighted by Gasteiger charge is 2.23. The molecule has 1 nitrogen and oxygen atoms in total. The van der Waals surface area contributed by atoms with Crippen molar-refractivity contribution < 1.29 is 5.11 Å². The number of rotatable bonds is 6. The number of aliphatic hydroxyl groups excluding tert-OH is 1. The molecule has 2 rings (SSSR count). The fraction of sp³-hybridized carbons (Fsp3) is 0.500. The van der Waals surface area contributed by atoms with E-state index in [1.54, 1.807) is 0 Å². The van der Waals surface area contributed by atoms with Gasteiger partial charge in [0.25, 0.3) is 0 Å². The van der Waals surface area contributed by atoms with Crippen molar-refractivity contribution in [1.29, 1.82) is 0 Å². The number of hydrogen-bond acceptors (Lipinski definition) is 1. The van der Waals surface area contributed by atoms with Crippen molar-refractivity contribution in [3.05, 3.63) is 58.1 Å². The van der Waals surface area contributed by atoms with Crippen LogP contribution in [0, 0.1) is 6.92 Å². The van der Waals surface area contributed by atoms with Gasteiger partial charge in [-0.3, -0.25) is 0 Å². The molecule has 1 N–H and O–H groups in total. The Kier molecular flexibility index (Phi) is 6.46. The van der Waals surface area contributed by atoms with Gasteiger partial charge < -0.3 is 5.11 Å². The molecule has 25 heavy (non-hydrogen) atoms. The van der Waals surface area contributed by atoms with Gasteiger partial charge in [0.1, 0.15) is 0 Å². The Balaban J connectivity index is 2.93. The summed E-state index contributed by atoms with van der Waals surface area (Å²) < 4.78 is 0. The fourth-order valence-corrected chi connectivity index (χ4v) is 3.80. The van der Waals surface area contributed by atoms with E-state index in [4.69, 9.17) is 0 Å². The minimum Gasteiger partial charge on any atom is -0.389 e. The first kappa shape index (κ1) is 19.7. The van der Waals surface area contributed by atoms with Gasteiger partial charge in [0, 0.05) is 0 Å². The third kappa shape index (κ3) is 4.15. The van der Waals surface area contributed by atoms with Crippen LogP contribution in [0.4, 0.5) is 0 Å². The molecule has 1 unspecified atom stereocenters. The Morgan fingerprint density at radius 1 is 0.880 bits per heavy atom. The van der Waals surface area contributed by atoms with Crippen LogP contribution < -0.4 is 0 Å². The molecule has 0 aliphatic heterocycles. The number of hydrogen-bond donors (Lipinski definition) is 1. The second-order valence-corrected chi connectivity index (χ2v) is 7.92. The first-order valence-corrected chi connectivity index (χ1v) is 9.72. The summed E-state index contributed by atoms with van der Waals surface area (Å²) in [6, 6.07) is 11.1. The summed E-state index contributed by atoms with van der Waals surface area (Å²) in [6.07, 6.45) is 1.69. The van der Waals surface area contributed by atoms with Crippen LogP contribution in [0.5, 0.6) is 0 Å². The zero-order valence-corrected chi connectivity index (χ0v) is 17.0. The molecular formula is C24H34O. The standard InChI is InChI=1S/C24H34O/c1-8-9-20-21(15(2)3)14-22(16(4)5)23(18(7)25)24(20)19-12-10-17(6)11-13-19/h10-16,18,25H,8-9H2,1-7H3. The van der Waals surface area contributed by atoms with Crippen LogP contribution in [-0.4, -0.2) is 5.11 Å². The Bertz CT molecular complexity index is 706. The topological polar surface area (TPSA) is 20.2 Å². The quantitative estimate of drug-likeness (QED) is 0.606. The maximum Gasteiger partial charge on any atom is 0.0770 e. The van der Waals surface area contributed by atoms with E-state index < -0.39 is 6.10 Å². The van der Waals surface area contributed by atoms with Crippen LogP contribution in [0.25, 0.3) is 11.1 Å². The lowest BCUT2D eigenvalue weighted by atomic mass is 9.78. The molecule has 0 bridgehead atoms. The summed E-state index contributed by atoms with van der Waals surface area (Å²) in [4.78, 5) is 0. The van der Waals surface area contributed by atoms with Crippen LogP contribution >= 0.6 is 0 Å². The number of benzene rings is 2. The lowest BCUT2D eigenvalue weighted by Gasteiger charge is -2.27. The molecule has 1 heteroatoms. The number of aliphatic hydroxyl groups is 1. The van der Waals surface area contributed by atoms with Crippen molar-refractivity contribution in [1.82, 2.24) is 0 Å². The van der Waals surface area contributed by atoms with Crippen molar-refractivity contribution in [3.63, 3.8) is 0 Å². The second-order valence-electron chi connectivity index (χ2n) is 7.92. The monoisotopic (exact) mass is 338 g/mol. The smallest absolute Gasteiger partial charge is 0.0770 e. The van der Waals surface area contributed by atoms with Gasteiger partial charge in [0.2, 0.25) is 0 Å². The second kappa shape index (κ2) is 8.19. The predicted molar refractivity (Wildman–Crippen MR) is 109 cm³/mol. The van der Waals surface area contributed by atoms with Crippen LogP contribution in [0.3, 0.4) is 0 Å². The van der Waals surface area contributed by atoms with Gasteiger partial charge in [0.05, 0.1) is 6.10 Å². The fourth-order valence-electron chi connectivity index (χ4n) is 3.80. The maximum atomic E-state index is 10.7. The zero-order chi connectivity index (χ0) is 18.7. The van der Waals surface area contributed by atoms with Crippen molar-refractivity contribution in [2.24, 2.45) is 0 Å². The average Bonchev–Trinajstić information content (AvgIpc) is 2.54. The molecule has 2 aromatic rings. The molecule has 136 valence electrons. The Morgan fingerprint density at radius 3 is 1.88 bits per heavy atom. The molecule has 0 aliphatic carbocycles. The van der Waals surface area contributed by atoms with Gasteiger partial charge in [-0.05, 0) is 65.5 Å². The third-order valence-electron chi connectivity index (χ3n) is 5.04. The maximum absolute atomic E-state index is 10.7. The molecule has 0 aromatic heterocycles. The molecule has 0 aliphatic rings. The van der Waals surface area contributed by atoms with E-state index in [2.05, 4.69) is 71.9 Å². The van der Waals surface area contributed by atoms with Gasteiger partial charge in [-0.15, -0.1) is 0 Å². The van der Waals surface area contributed by atoms with Gasteiger partial charge in [0.15, 0.2) is 0 Å². The highest BCUT2D eigenvalue weighted by atomic mass is 16.3.